The molecule has 0 unspecified atom stereocenters. The van der Waals surface area contributed by atoms with E-state index in [1.807, 2.05) is 0 Å². The van der Waals surface area contributed by atoms with Crippen molar-refractivity contribution in [3.63, 3.8) is 0 Å². The van der Waals surface area contributed by atoms with Gasteiger partial charge in [-0.2, -0.15) is 12.7 Å². The lowest BCUT2D eigenvalue weighted by Crippen LogP contribution is -2.44. The SMILES string of the molecule is CC(C)(C)OC(=O)N1[C@H](c2ccccc2)C=COS1(=O)=O. The number of carbonyl (C=O) groups excluding carboxylic acids is 1. The molecule has 1 aliphatic rings. The van der Waals surface area contributed by atoms with Crippen molar-refractivity contribution >= 4 is 16.4 Å². The maximum atomic E-state index is 12.2. The zero-order valence-electron chi connectivity index (χ0n) is 12.0. The second-order valence-electron chi connectivity index (χ2n) is 5.51. The normalized spacial score (nSPS) is 20.7. The minimum atomic E-state index is -4.22. The molecule has 0 fully saturated rings. The van der Waals surface area contributed by atoms with E-state index in [1.54, 1.807) is 51.1 Å². The Morgan fingerprint density at radius 1 is 1.24 bits per heavy atom. The Hall–Kier alpha value is -2.02. The summed E-state index contributed by atoms with van der Waals surface area (Å²) in [5, 5.41) is 0. The average molecular weight is 311 g/mol. The van der Waals surface area contributed by atoms with E-state index >= 15 is 0 Å². The molecule has 1 atom stereocenters. The molecule has 1 aromatic carbocycles. The van der Waals surface area contributed by atoms with Gasteiger partial charge in [0.2, 0.25) is 0 Å². The molecule has 1 heterocycles. The summed E-state index contributed by atoms with van der Waals surface area (Å²) in [5.41, 5.74) is -0.166. The maximum Gasteiger partial charge on any atom is 0.427 e. The third kappa shape index (κ3) is 3.55. The lowest BCUT2D eigenvalue weighted by atomic mass is 10.1. The van der Waals surface area contributed by atoms with E-state index in [1.165, 1.54) is 6.08 Å². The summed E-state index contributed by atoms with van der Waals surface area (Å²) < 4.78 is 34.4. The molecule has 0 spiro atoms. The minimum Gasteiger partial charge on any atom is -0.443 e. The molecule has 1 aliphatic heterocycles. The highest BCUT2D eigenvalue weighted by atomic mass is 32.2. The van der Waals surface area contributed by atoms with Crippen LogP contribution in [0.15, 0.2) is 42.7 Å². The zero-order valence-corrected chi connectivity index (χ0v) is 12.8. The fourth-order valence-corrected chi connectivity index (χ4v) is 2.84. The van der Waals surface area contributed by atoms with E-state index < -0.39 is 28.0 Å². The van der Waals surface area contributed by atoms with E-state index in [9.17, 15) is 13.2 Å². The van der Waals surface area contributed by atoms with Gasteiger partial charge in [-0.05, 0) is 32.4 Å². The first kappa shape index (κ1) is 15.4. The van der Waals surface area contributed by atoms with Crippen molar-refractivity contribution in [2.24, 2.45) is 0 Å². The van der Waals surface area contributed by atoms with E-state index in [-0.39, 0.29) is 0 Å². The van der Waals surface area contributed by atoms with Crippen LogP contribution in [0.5, 0.6) is 0 Å². The quantitative estimate of drug-likeness (QED) is 0.797. The van der Waals surface area contributed by atoms with Crippen molar-refractivity contribution in [1.29, 1.82) is 0 Å². The van der Waals surface area contributed by atoms with Crippen molar-refractivity contribution < 1.29 is 22.1 Å². The third-order valence-corrected chi connectivity index (χ3v) is 3.86. The lowest BCUT2D eigenvalue weighted by Gasteiger charge is -2.32. The summed E-state index contributed by atoms with van der Waals surface area (Å²) in [6, 6.07) is 8.00. The van der Waals surface area contributed by atoms with Crippen LogP contribution in [-0.2, 0) is 19.2 Å². The monoisotopic (exact) mass is 311 g/mol. The van der Waals surface area contributed by atoms with Crippen LogP contribution in [0.3, 0.4) is 0 Å². The second-order valence-corrected chi connectivity index (χ2v) is 6.96. The van der Waals surface area contributed by atoms with Crippen molar-refractivity contribution in [3.8, 4) is 0 Å². The largest absolute Gasteiger partial charge is 0.443 e. The predicted octanol–water partition coefficient (Wildman–Crippen LogP) is 2.75. The van der Waals surface area contributed by atoms with Gasteiger partial charge >= 0.3 is 16.4 Å². The molecule has 114 valence electrons. The smallest absolute Gasteiger partial charge is 0.427 e. The molecule has 0 bridgehead atoms. The molecule has 0 aliphatic carbocycles. The number of amides is 1. The number of hydrogen-bond acceptors (Lipinski definition) is 5. The van der Waals surface area contributed by atoms with Crippen molar-refractivity contribution in [2.75, 3.05) is 0 Å². The first-order valence-electron chi connectivity index (χ1n) is 6.38. The van der Waals surface area contributed by atoms with Gasteiger partial charge in [0.25, 0.3) is 0 Å². The van der Waals surface area contributed by atoms with Gasteiger partial charge < -0.3 is 8.92 Å². The van der Waals surface area contributed by atoms with Crippen molar-refractivity contribution in [2.45, 2.75) is 32.4 Å². The molecule has 0 aromatic heterocycles. The number of carbonyl (C=O) groups is 1. The third-order valence-electron chi connectivity index (χ3n) is 2.65. The second kappa shape index (κ2) is 5.40. The van der Waals surface area contributed by atoms with E-state index in [4.69, 9.17) is 4.74 Å². The highest BCUT2D eigenvalue weighted by Crippen LogP contribution is 2.31. The van der Waals surface area contributed by atoms with Gasteiger partial charge in [0.15, 0.2) is 0 Å². The molecule has 1 amide bonds. The van der Waals surface area contributed by atoms with Crippen molar-refractivity contribution in [1.82, 2.24) is 4.31 Å². The van der Waals surface area contributed by atoms with E-state index in [2.05, 4.69) is 4.18 Å². The molecule has 0 N–H and O–H groups in total. The first-order chi connectivity index (χ1) is 9.71. The number of hydrogen-bond donors (Lipinski definition) is 0. The van der Waals surface area contributed by atoms with Crippen molar-refractivity contribution in [3.05, 3.63) is 48.2 Å². The number of ether oxygens (including phenoxy) is 1. The molecule has 7 heteroatoms. The molecule has 21 heavy (non-hydrogen) atoms. The summed E-state index contributed by atoms with van der Waals surface area (Å²) in [6.07, 6.45) is 1.58. The van der Waals surface area contributed by atoms with Crippen LogP contribution in [0.4, 0.5) is 4.79 Å². The summed E-state index contributed by atoms with van der Waals surface area (Å²) >= 11 is 0. The fraction of sp³-hybridized carbons (Fsp3) is 0.357. The molecule has 6 nitrogen and oxygen atoms in total. The molecule has 1 aromatic rings. The average Bonchev–Trinajstić information content (AvgIpc) is 2.36. The molecule has 2 rings (SSSR count). The Kier molecular flexibility index (Phi) is 3.95. The maximum absolute atomic E-state index is 12.2. The Balaban J connectivity index is 2.41. The summed E-state index contributed by atoms with van der Waals surface area (Å²) in [5.74, 6) is 0. The zero-order chi connectivity index (χ0) is 15.7. The van der Waals surface area contributed by atoms with Gasteiger partial charge in [-0.3, -0.25) is 0 Å². The van der Waals surface area contributed by atoms with Crippen LogP contribution >= 0.6 is 0 Å². The molecular formula is C14H17NO5S. The number of benzene rings is 1. The first-order valence-corrected chi connectivity index (χ1v) is 7.74. The number of rotatable bonds is 1. The van der Waals surface area contributed by atoms with Gasteiger partial charge in [0, 0.05) is 0 Å². The Morgan fingerprint density at radius 2 is 1.86 bits per heavy atom. The molecule has 0 saturated heterocycles. The summed E-state index contributed by atoms with van der Waals surface area (Å²) in [4.78, 5) is 12.2. The fourth-order valence-electron chi connectivity index (χ4n) is 1.85. The molecule has 0 saturated carbocycles. The Morgan fingerprint density at radius 3 is 2.43 bits per heavy atom. The van der Waals surface area contributed by atoms with Crippen LogP contribution in [0.25, 0.3) is 0 Å². The standard InChI is InChI=1S/C14H17NO5S/c1-14(2,3)20-13(16)15-12(9-10-19-21(15,17)18)11-7-5-4-6-8-11/h4-10,12H,1-3H3/t12-/m0/s1. The van der Waals surface area contributed by atoms with Crippen LogP contribution in [0, 0.1) is 0 Å². The highest BCUT2D eigenvalue weighted by Gasteiger charge is 2.40. The minimum absolute atomic E-state index is 0.605. The Bertz CT molecular complexity index is 646. The highest BCUT2D eigenvalue weighted by molar-refractivity contribution is 7.85. The lowest BCUT2D eigenvalue weighted by molar-refractivity contribution is 0.0335. The summed E-state index contributed by atoms with van der Waals surface area (Å²) in [7, 11) is -4.22. The van der Waals surface area contributed by atoms with Gasteiger partial charge in [-0.15, -0.1) is 0 Å². The van der Waals surface area contributed by atoms with Crippen LogP contribution < -0.4 is 0 Å². The number of nitrogens with zero attached hydrogens (tertiary/aromatic N) is 1. The predicted molar refractivity (Wildman–Crippen MR) is 76.4 cm³/mol. The topological polar surface area (TPSA) is 72.9 Å². The van der Waals surface area contributed by atoms with E-state index in [0.717, 1.165) is 6.26 Å². The van der Waals surface area contributed by atoms with Gasteiger partial charge in [0.05, 0.1) is 0 Å². The van der Waals surface area contributed by atoms with E-state index in [0.29, 0.717) is 9.87 Å². The Labute approximate surface area is 124 Å². The van der Waals surface area contributed by atoms with Gasteiger partial charge in [-0.1, -0.05) is 30.3 Å². The van der Waals surface area contributed by atoms with Crippen LogP contribution in [0.1, 0.15) is 32.4 Å². The molecule has 0 radical (unpaired) electrons. The van der Waals surface area contributed by atoms with Gasteiger partial charge in [0.1, 0.15) is 17.9 Å². The van der Waals surface area contributed by atoms with Gasteiger partial charge in [-0.25, -0.2) is 4.79 Å². The van der Waals surface area contributed by atoms with Crippen LogP contribution in [-0.4, -0.2) is 24.4 Å². The summed E-state index contributed by atoms with van der Waals surface area (Å²) in [6.45, 7) is 4.99. The van der Waals surface area contributed by atoms with Crippen LogP contribution in [0.2, 0.25) is 0 Å². The molecular weight excluding hydrogens is 294 g/mol.